The molecule has 0 unspecified atom stereocenters. The van der Waals surface area contributed by atoms with Crippen LogP contribution in [0.15, 0.2) is 42.5 Å². The Balaban J connectivity index is 1.53. The van der Waals surface area contributed by atoms with Crippen molar-refractivity contribution in [3.05, 3.63) is 48.0 Å². The van der Waals surface area contributed by atoms with Crippen molar-refractivity contribution in [3.63, 3.8) is 0 Å². The molecule has 0 atom stereocenters. The first-order chi connectivity index (χ1) is 13.7. The van der Waals surface area contributed by atoms with Gasteiger partial charge in [0.1, 0.15) is 11.3 Å². The Morgan fingerprint density at radius 3 is 2.75 bits per heavy atom. The van der Waals surface area contributed by atoms with Crippen LogP contribution >= 0.6 is 11.3 Å². The number of benzene rings is 2. The molecule has 4 rings (SSSR count). The van der Waals surface area contributed by atoms with Crippen LogP contribution in [0.2, 0.25) is 0 Å². The van der Waals surface area contributed by atoms with Gasteiger partial charge in [0.2, 0.25) is 0 Å². The minimum Gasteiger partial charge on any atom is -0.494 e. The first-order valence-electron chi connectivity index (χ1n) is 9.13. The molecule has 0 spiro atoms. The van der Waals surface area contributed by atoms with Crippen molar-refractivity contribution in [1.29, 1.82) is 0 Å². The fourth-order valence-electron chi connectivity index (χ4n) is 3.16. The van der Waals surface area contributed by atoms with E-state index in [2.05, 4.69) is 20.5 Å². The lowest BCUT2D eigenvalue weighted by molar-refractivity contribution is 0.123. The number of thiazole rings is 1. The lowest BCUT2D eigenvalue weighted by atomic mass is 10.2. The van der Waals surface area contributed by atoms with E-state index < -0.39 is 0 Å². The van der Waals surface area contributed by atoms with Crippen LogP contribution < -0.4 is 20.3 Å². The third-order valence-electron chi connectivity index (χ3n) is 4.57. The topological polar surface area (TPSA) is 75.7 Å². The second kappa shape index (κ2) is 8.45. The zero-order valence-corrected chi connectivity index (χ0v) is 16.4. The van der Waals surface area contributed by atoms with Crippen LogP contribution in [0.4, 0.5) is 15.6 Å². The van der Waals surface area contributed by atoms with Gasteiger partial charge < -0.3 is 19.7 Å². The average Bonchev–Trinajstić information content (AvgIpc) is 3.16. The van der Waals surface area contributed by atoms with Gasteiger partial charge in [0.25, 0.3) is 0 Å². The Morgan fingerprint density at radius 1 is 1.21 bits per heavy atom. The normalized spacial score (nSPS) is 14.1. The summed E-state index contributed by atoms with van der Waals surface area (Å²) in [6.07, 6.45) is 0. The number of amides is 2. The first-order valence-corrected chi connectivity index (χ1v) is 9.95. The summed E-state index contributed by atoms with van der Waals surface area (Å²) in [6.45, 7) is 3.54. The van der Waals surface area contributed by atoms with Crippen molar-refractivity contribution in [1.82, 2.24) is 10.3 Å². The van der Waals surface area contributed by atoms with Gasteiger partial charge in [0, 0.05) is 19.6 Å². The molecule has 0 saturated carbocycles. The molecule has 1 aromatic heterocycles. The van der Waals surface area contributed by atoms with E-state index in [-0.39, 0.29) is 6.03 Å². The lowest BCUT2D eigenvalue weighted by Crippen LogP contribution is -2.36. The lowest BCUT2D eigenvalue weighted by Gasteiger charge is -2.29. The molecule has 0 bridgehead atoms. The van der Waals surface area contributed by atoms with E-state index in [4.69, 9.17) is 9.47 Å². The molecule has 1 saturated heterocycles. The number of nitrogens with one attached hydrogen (secondary N) is 2. The predicted molar refractivity (Wildman–Crippen MR) is 112 cm³/mol. The van der Waals surface area contributed by atoms with Crippen LogP contribution in [0.3, 0.4) is 0 Å². The van der Waals surface area contributed by atoms with Gasteiger partial charge in [-0.05, 0) is 17.7 Å². The number of nitrogens with zero attached hydrogens (tertiary/aromatic N) is 2. The number of carbonyl (C=O) groups is 1. The SMILES string of the molecule is COc1ccc(N2CCOCC2)c2sc(NC(=O)NCc3ccccc3)nc12. The number of urea groups is 1. The monoisotopic (exact) mass is 398 g/mol. The highest BCUT2D eigenvalue weighted by Crippen LogP contribution is 2.39. The molecule has 3 aromatic rings. The summed E-state index contributed by atoms with van der Waals surface area (Å²) in [4.78, 5) is 19.2. The number of aromatic nitrogens is 1. The van der Waals surface area contributed by atoms with E-state index >= 15 is 0 Å². The minimum atomic E-state index is -0.283. The number of morpholine rings is 1. The third kappa shape index (κ3) is 4.02. The maximum atomic E-state index is 12.3. The van der Waals surface area contributed by atoms with Gasteiger partial charge in [0.05, 0.1) is 30.7 Å². The standard InChI is InChI=1S/C20H22N4O3S/c1-26-16-8-7-15(24-9-11-27-12-10-24)18-17(16)22-20(28-18)23-19(25)21-13-14-5-3-2-4-6-14/h2-8H,9-13H2,1H3,(H2,21,22,23,25). The molecular weight excluding hydrogens is 376 g/mol. The Morgan fingerprint density at radius 2 is 2.00 bits per heavy atom. The number of carbonyl (C=O) groups excluding carboxylic acids is 1. The third-order valence-corrected chi connectivity index (χ3v) is 5.57. The summed E-state index contributed by atoms with van der Waals surface area (Å²) >= 11 is 1.45. The van der Waals surface area contributed by atoms with E-state index in [0.717, 1.165) is 34.6 Å². The van der Waals surface area contributed by atoms with Crippen LogP contribution in [-0.4, -0.2) is 44.4 Å². The molecule has 8 heteroatoms. The Hall–Kier alpha value is -2.84. The van der Waals surface area contributed by atoms with E-state index in [1.54, 1.807) is 7.11 Å². The van der Waals surface area contributed by atoms with E-state index in [1.165, 1.54) is 11.3 Å². The summed E-state index contributed by atoms with van der Waals surface area (Å²) < 4.78 is 11.9. The number of ether oxygens (including phenoxy) is 2. The highest BCUT2D eigenvalue weighted by atomic mass is 32.1. The molecule has 0 radical (unpaired) electrons. The summed E-state index contributed by atoms with van der Waals surface area (Å²) in [5.74, 6) is 0.695. The highest BCUT2D eigenvalue weighted by Gasteiger charge is 2.19. The largest absolute Gasteiger partial charge is 0.494 e. The van der Waals surface area contributed by atoms with E-state index in [9.17, 15) is 4.79 Å². The highest BCUT2D eigenvalue weighted by molar-refractivity contribution is 7.23. The maximum absolute atomic E-state index is 12.3. The van der Waals surface area contributed by atoms with Gasteiger partial charge in [0.15, 0.2) is 5.13 Å². The van der Waals surface area contributed by atoms with Gasteiger partial charge in [-0.3, -0.25) is 5.32 Å². The smallest absolute Gasteiger partial charge is 0.321 e. The quantitative estimate of drug-likeness (QED) is 0.688. The van der Waals surface area contributed by atoms with Gasteiger partial charge in [-0.25, -0.2) is 9.78 Å². The molecule has 2 amide bonds. The van der Waals surface area contributed by atoms with Crippen molar-refractivity contribution in [2.75, 3.05) is 43.6 Å². The van der Waals surface area contributed by atoms with Gasteiger partial charge in [-0.2, -0.15) is 0 Å². The maximum Gasteiger partial charge on any atom is 0.321 e. The number of rotatable bonds is 5. The van der Waals surface area contributed by atoms with Gasteiger partial charge in [-0.1, -0.05) is 41.7 Å². The molecule has 2 N–H and O–H groups in total. The number of fused-ring (bicyclic) bond motifs is 1. The van der Waals surface area contributed by atoms with Crippen molar-refractivity contribution in [3.8, 4) is 5.75 Å². The number of hydrogen-bond donors (Lipinski definition) is 2. The van der Waals surface area contributed by atoms with Crippen molar-refractivity contribution in [2.45, 2.75) is 6.54 Å². The molecule has 28 heavy (non-hydrogen) atoms. The average molecular weight is 398 g/mol. The van der Waals surface area contributed by atoms with Crippen molar-refractivity contribution < 1.29 is 14.3 Å². The van der Waals surface area contributed by atoms with Crippen LogP contribution in [0.25, 0.3) is 10.2 Å². The molecule has 2 heterocycles. The molecule has 1 fully saturated rings. The summed E-state index contributed by atoms with van der Waals surface area (Å²) in [6, 6.07) is 13.5. The summed E-state index contributed by atoms with van der Waals surface area (Å²) in [7, 11) is 1.63. The number of hydrogen-bond acceptors (Lipinski definition) is 6. The fourth-order valence-corrected chi connectivity index (χ4v) is 4.18. The number of methoxy groups -OCH3 is 1. The zero-order chi connectivity index (χ0) is 19.3. The molecule has 146 valence electrons. The minimum absolute atomic E-state index is 0.283. The first kappa shape index (κ1) is 18.5. The Kier molecular flexibility index (Phi) is 5.59. The fraction of sp³-hybridized carbons (Fsp3) is 0.300. The Bertz CT molecular complexity index is 955. The molecular formula is C20H22N4O3S. The second-order valence-corrected chi connectivity index (χ2v) is 7.38. The molecule has 7 nitrogen and oxygen atoms in total. The van der Waals surface area contributed by atoms with Gasteiger partial charge in [-0.15, -0.1) is 0 Å². The van der Waals surface area contributed by atoms with Crippen LogP contribution in [0.1, 0.15) is 5.56 Å². The van der Waals surface area contributed by atoms with Crippen molar-refractivity contribution >= 4 is 38.4 Å². The van der Waals surface area contributed by atoms with E-state index in [1.807, 2.05) is 42.5 Å². The van der Waals surface area contributed by atoms with Crippen molar-refractivity contribution in [2.24, 2.45) is 0 Å². The summed E-state index contributed by atoms with van der Waals surface area (Å²) in [5.41, 5.74) is 2.89. The zero-order valence-electron chi connectivity index (χ0n) is 15.6. The summed E-state index contributed by atoms with van der Waals surface area (Å²) in [5, 5.41) is 6.24. The molecule has 1 aliphatic rings. The van der Waals surface area contributed by atoms with Crippen LogP contribution in [0.5, 0.6) is 5.75 Å². The number of anilines is 2. The van der Waals surface area contributed by atoms with Crippen LogP contribution in [-0.2, 0) is 11.3 Å². The molecule has 0 aliphatic carbocycles. The van der Waals surface area contributed by atoms with Crippen LogP contribution in [0, 0.1) is 0 Å². The second-order valence-electron chi connectivity index (χ2n) is 6.38. The molecule has 2 aromatic carbocycles. The molecule has 1 aliphatic heterocycles. The Labute approximate surface area is 167 Å². The van der Waals surface area contributed by atoms with Gasteiger partial charge >= 0.3 is 6.03 Å². The van der Waals surface area contributed by atoms with E-state index in [0.29, 0.717) is 30.6 Å². The predicted octanol–water partition coefficient (Wildman–Crippen LogP) is 3.46.